The molecule has 0 aliphatic heterocycles. The van der Waals surface area contributed by atoms with Gasteiger partial charge in [-0.3, -0.25) is 4.68 Å². The van der Waals surface area contributed by atoms with Crippen LogP contribution in [-0.4, -0.2) is 34.4 Å². The van der Waals surface area contributed by atoms with Crippen LogP contribution in [0.2, 0.25) is 0 Å². The first kappa shape index (κ1) is 35.3. The Labute approximate surface area is 320 Å². The molecule has 267 valence electrons. The number of benzene rings is 5. The second-order valence-electron chi connectivity index (χ2n) is 14.6. The Kier molecular flexibility index (Phi) is 8.91. The molecule has 3 heterocycles. The smallest absolute Gasteiger partial charge is 0.184 e. The number of aromatic nitrogens is 4. The second-order valence-corrected chi connectivity index (χ2v) is 18.0. The zero-order valence-corrected chi connectivity index (χ0v) is 32.4. The van der Waals surface area contributed by atoms with Crippen molar-refractivity contribution in [1.29, 1.82) is 0 Å². The largest absolute Gasteiger partial charge is 0.252 e. The van der Waals surface area contributed by atoms with Crippen molar-refractivity contribution in [1.82, 2.24) is 19.7 Å². The van der Waals surface area contributed by atoms with Crippen LogP contribution < -0.4 is 0 Å². The van der Waals surface area contributed by atoms with Gasteiger partial charge in [0.1, 0.15) is 21.8 Å². The summed E-state index contributed by atoms with van der Waals surface area (Å²) >= 11 is 1.22. The van der Waals surface area contributed by atoms with Crippen molar-refractivity contribution in [2.45, 2.75) is 42.9 Å². The highest BCUT2D eigenvalue weighted by Gasteiger charge is 2.40. The maximum atomic E-state index is 12.4. The third kappa shape index (κ3) is 6.15. The number of nitrogens with zero attached hydrogens (tertiary/aromatic N) is 4. The molecule has 3 aromatic heterocycles. The lowest BCUT2D eigenvalue weighted by atomic mass is 9.77. The minimum atomic E-state index is -3.37. The lowest BCUT2D eigenvalue weighted by Crippen LogP contribution is -2.38. The van der Waals surface area contributed by atoms with Crippen molar-refractivity contribution in [3.8, 4) is 33.0 Å². The summed E-state index contributed by atoms with van der Waals surface area (Å²) in [5.74, 6) is 0. The molecule has 54 heavy (non-hydrogen) atoms. The van der Waals surface area contributed by atoms with Gasteiger partial charge in [-0.15, -0.1) is 11.3 Å². The van der Waals surface area contributed by atoms with E-state index in [1.165, 1.54) is 29.5 Å². The average Bonchev–Trinajstić information content (AvgIpc) is 3.85. The standard InChI is InChI=1S/C46H39N4O2S2/c1-31-16-15-23-36(42(31)45(2,3)4)43-38(32-24-25-39-37(28-32)44(48-30-47-39)40-26-27-41(53-40)54(5,51)52)29-50(49-43)46(33-17-9-6-10-18-33,34-19-11-7-12-20-34)35-21-13-8-14-22-35/h6-15,17-30H,1-5H3. The van der Waals surface area contributed by atoms with E-state index in [1.807, 2.05) is 36.4 Å². The van der Waals surface area contributed by atoms with Gasteiger partial charge in [0.25, 0.3) is 0 Å². The average molecular weight is 744 g/mol. The number of rotatable bonds is 8. The van der Waals surface area contributed by atoms with Gasteiger partial charge in [-0.2, -0.15) is 5.10 Å². The molecule has 0 N–H and O–H groups in total. The SMILES string of the molecule is Cc1[c]ccc(-c2nn(C(c3ccccc3)(c3ccccc3)c3ccccc3)cc2-c2ccc3ncnc(-c4ccc(S(C)(=O)=O)s4)c3c2)c1C(C)(C)C. The van der Waals surface area contributed by atoms with E-state index in [4.69, 9.17) is 5.10 Å². The Morgan fingerprint density at radius 2 is 1.31 bits per heavy atom. The highest BCUT2D eigenvalue weighted by atomic mass is 32.2. The molecule has 5 aromatic carbocycles. The summed E-state index contributed by atoms with van der Waals surface area (Å²) in [6.07, 6.45) is 4.94. The summed E-state index contributed by atoms with van der Waals surface area (Å²) in [6, 6.07) is 49.0. The van der Waals surface area contributed by atoms with Crippen molar-refractivity contribution >= 4 is 32.1 Å². The first-order chi connectivity index (χ1) is 26.0. The van der Waals surface area contributed by atoms with E-state index in [-0.39, 0.29) is 5.41 Å². The lowest BCUT2D eigenvalue weighted by molar-refractivity contribution is 0.461. The van der Waals surface area contributed by atoms with E-state index in [0.29, 0.717) is 9.90 Å². The second kappa shape index (κ2) is 13.6. The molecule has 0 fully saturated rings. The van der Waals surface area contributed by atoms with E-state index >= 15 is 0 Å². The third-order valence-corrected chi connectivity index (χ3v) is 12.9. The lowest BCUT2D eigenvalue weighted by Gasteiger charge is -2.36. The molecule has 0 saturated carbocycles. The number of hydrogen-bond donors (Lipinski definition) is 0. The molecule has 8 aromatic rings. The van der Waals surface area contributed by atoms with Crippen LogP contribution in [0.4, 0.5) is 0 Å². The first-order valence-corrected chi connectivity index (χ1v) is 20.5. The summed E-state index contributed by atoms with van der Waals surface area (Å²) in [5, 5.41) is 6.50. The fraction of sp³-hybridized carbons (Fsp3) is 0.152. The van der Waals surface area contributed by atoms with Crippen molar-refractivity contribution < 1.29 is 8.42 Å². The molecule has 0 bridgehead atoms. The normalized spacial score (nSPS) is 12.3. The quantitative estimate of drug-likeness (QED) is 0.145. The number of thiophene rings is 1. The number of fused-ring (bicyclic) bond motifs is 1. The van der Waals surface area contributed by atoms with E-state index in [1.54, 1.807) is 6.07 Å². The summed E-state index contributed by atoms with van der Waals surface area (Å²) in [7, 11) is -3.37. The zero-order valence-electron chi connectivity index (χ0n) is 30.8. The number of aryl methyl sites for hydroxylation is 1. The molecule has 0 aliphatic carbocycles. The fourth-order valence-electron chi connectivity index (χ4n) is 7.73. The molecule has 8 heteroatoms. The van der Waals surface area contributed by atoms with E-state index < -0.39 is 15.4 Å². The van der Waals surface area contributed by atoms with Crippen LogP contribution in [0.25, 0.3) is 43.9 Å². The highest BCUT2D eigenvalue weighted by Crippen LogP contribution is 2.46. The Bertz CT molecular complexity index is 2630. The molecule has 8 rings (SSSR count). The van der Waals surface area contributed by atoms with Crippen LogP contribution >= 0.6 is 11.3 Å². The van der Waals surface area contributed by atoms with Crippen molar-refractivity contribution in [2.24, 2.45) is 0 Å². The highest BCUT2D eigenvalue weighted by molar-refractivity contribution is 7.92. The third-order valence-electron chi connectivity index (χ3n) is 9.96. The number of sulfone groups is 1. The summed E-state index contributed by atoms with van der Waals surface area (Å²) in [6.45, 7) is 8.82. The Hall–Kier alpha value is -5.70. The maximum Gasteiger partial charge on any atom is 0.184 e. The van der Waals surface area contributed by atoms with Gasteiger partial charge in [0.2, 0.25) is 0 Å². The van der Waals surface area contributed by atoms with Crippen LogP contribution in [0.5, 0.6) is 0 Å². The molecule has 1 radical (unpaired) electrons. The Morgan fingerprint density at radius 1 is 0.704 bits per heavy atom. The molecule has 0 saturated heterocycles. The van der Waals surface area contributed by atoms with Gasteiger partial charge in [0, 0.05) is 29.0 Å². The molecule has 0 amide bonds. The van der Waals surface area contributed by atoms with Gasteiger partial charge < -0.3 is 0 Å². The summed E-state index contributed by atoms with van der Waals surface area (Å²) < 4.78 is 27.3. The van der Waals surface area contributed by atoms with Crippen LogP contribution in [0.3, 0.4) is 0 Å². The topological polar surface area (TPSA) is 77.7 Å². The van der Waals surface area contributed by atoms with Gasteiger partial charge >= 0.3 is 0 Å². The van der Waals surface area contributed by atoms with Crippen molar-refractivity contribution in [3.63, 3.8) is 0 Å². The fourth-order valence-corrected chi connectivity index (χ4v) is 9.67. The maximum absolute atomic E-state index is 12.4. The van der Waals surface area contributed by atoms with E-state index in [0.717, 1.165) is 60.4 Å². The predicted molar refractivity (Wildman–Crippen MR) is 219 cm³/mol. The molecule has 0 spiro atoms. The van der Waals surface area contributed by atoms with Gasteiger partial charge in [0.05, 0.1) is 16.1 Å². The van der Waals surface area contributed by atoms with Gasteiger partial charge in [-0.25, -0.2) is 18.4 Å². The van der Waals surface area contributed by atoms with Crippen LogP contribution in [-0.2, 0) is 20.8 Å². The van der Waals surface area contributed by atoms with Crippen LogP contribution in [0.1, 0.15) is 48.6 Å². The van der Waals surface area contributed by atoms with Gasteiger partial charge in [0.15, 0.2) is 9.84 Å². The number of hydrogen-bond acceptors (Lipinski definition) is 6. The minimum absolute atomic E-state index is 0.200. The molecule has 0 unspecified atom stereocenters. The Morgan fingerprint density at radius 3 is 1.87 bits per heavy atom. The minimum Gasteiger partial charge on any atom is -0.252 e. The molecule has 0 atom stereocenters. The van der Waals surface area contributed by atoms with Crippen molar-refractivity contribution in [3.05, 3.63) is 180 Å². The van der Waals surface area contributed by atoms with E-state index in [2.05, 4.69) is 146 Å². The summed E-state index contributed by atoms with van der Waals surface area (Å²) in [5.41, 5.74) is 9.66. The molecular weight excluding hydrogens is 705 g/mol. The van der Waals surface area contributed by atoms with Crippen LogP contribution in [0, 0.1) is 13.0 Å². The predicted octanol–water partition coefficient (Wildman–Crippen LogP) is 10.5. The summed E-state index contributed by atoms with van der Waals surface area (Å²) in [4.78, 5) is 10.1. The van der Waals surface area contributed by atoms with Gasteiger partial charge in [-0.05, 0) is 76.1 Å². The molecule has 6 nitrogen and oxygen atoms in total. The van der Waals surface area contributed by atoms with Crippen LogP contribution in [0.15, 0.2) is 150 Å². The zero-order chi connectivity index (χ0) is 37.7. The van der Waals surface area contributed by atoms with Crippen molar-refractivity contribution in [2.75, 3.05) is 6.26 Å². The molecular formula is C46H39N4O2S2. The van der Waals surface area contributed by atoms with Gasteiger partial charge in [-0.1, -0.05) is 130 Å². The Balaban J connectivity index is 1.47. The first-order valence-electron chi connectivity index (χ1n) is 17.8. The monoisotopic (exact) mass is 743 g/mol. The molecule has 0 aliphatic rings. The van der Waals surface area contributed by atoms with E-state index in [9.17, 15) is 8.42 Å².